The van der Waals surface area contributed by atoms with Crippen LogP contribution in [0, 0.1) is 18.2 Å². The fraction of sp³-hybridized carbons (Fsp3) is 0.240. The van der Waals surface area contributed by atoms with Gasteiger partial charge < -0.3 is 0 Å². The molecule has 0 aliphatic heterocycles. The zero-order valence-corrected chi connectivity index (χ0v) is 15.4. The van der Waals surface area contributed by atoms with Crippen molar-refractivity contribution >= 4 is 5.78 Å². The Kier molecular flexibility index (Phi) is 3.58. The van der Waals surface area contributed by atoms with Crippen LogP contribution in [-0.4, -0.2) is 5.78 Å². The first-order valence-corrected chi connectivity index (χ1v) is 9.57. The predicted molar refractivity (Wildman–Crippen MR) is 106 cm³/mol. The van der Waals surface area contributed by atoms with E-state index in [0.717, 1.165) is 46.2 Å². The van der Waals surface area contributed by atoms with E-state index in [-0.39, 0.29) is 11.6 Å². The fourth-order valence-corrected chi connectivity index (χ4v) is 4.89. The molecule has 134 valence electrons. The molecule has 0 fully saturated rings. The number of hydrogen-bond acceptors (Lipinski definition) is 1. The largest absolute Gasteiger partial charge is 0.294 e. The van der Waals surface area contributed by atoms with Gasteiger partial charge in [0.2, 0.25) is 0 Å². The van der Waals surface area contributed by atoms with E-state index in [1.165, 1.54) is 11.6 Å². The Hall–Kier alpha value is -2.74. The van der Waals surface area contributed by atoms with Gasteiger partial charge in [0.1, 0.15) is 5.82 Å². The molecule has 0 aromatic heterocycles. The normalized spacial score (nSPS) is 20.6. The van der Waals surface area contributed by atoms with Crippen LogP contribution in [0.5, 0.6) is 0 Å². The highest BCUT2D eigenvalue weighted by atomic mass is 19.1. The highest BCUT2D eigenvalue weighted by molar-refractivity contribution is 6.06. The molecule has 27 heavy (non-hydrogen) atoms. The molecule has 0 saturated carbocycles. The molecule has 0 heterocycles. The Labute approximate surface area is 158 Å². The highest BCUT2D eigenvalue weighted by Gasteiger charge is 2.47. The summed E-state index contributed by atoms with van der Waals surface area (Å²) in [4.78, 5) is 13.4. The summed E-state index contributed by atoms with van der Waals surface area (Å²) in [5.74, 6) is 0.106. The van der Waals surface area contributed by atoms with E-state index in [9.17, 15) is 9.18 Å². The Morgan fingerprint density at radius 3 is 2.52 bits per heavy atom. The number of ketones is 1. The molecule has 0 N–H and O–H groups in total. The molecule has 3 aromatic rings. The number of carbonyl (C=O) groups excluding carboxylic acids is 1. The maximum Gasteiger partial charge on any atom is 0.169 e. The van der Waals surface area contributed by atoms with Gasteiger partial charge in [0.05, 0.1) is 0 Å². The average molecular weight is 356 g/mol. The molecule has 5 rings (SSSR count). The van der Waals surface area contributed by atoms with Crippen LogP contribution in [0.15, 0.2) is 60.7 Å². The number of aryl methyl sites for hydroxylation is 1. The van der Waals surface area contributed by atoms with Gasteiger partial charge in [-0.05, 0) is 72.6 Å². The number of halogens is 1. The van der Waals surface area contributed by atoms with Gasteiger partial charge in [-0.1, -0.05) is 54.1 Å². The van der Waals surface area contributed by atoms with Crippen LogP contribution in [0.3, 0.4) is 0 Å². The average Bonchev–Trinajstić information content (AvgIpc) is 2.93. The van der Waals surface area contributed by atoms with Gasteiger partial charge in [0, 0.05) is 11.0 Å². The molecular weight excluding hydrogens is 335 g/mol. The fourth-order valence-electron chi connectivity index (χ4n) is 4.89. The Balaban J connectivity index is 1.53. The lowest BCUT2D eigenvalue weighted by molar-refractivity contribution is 0.0793. The molecule has 1 nitrogen and oxygen atoms in total. The van der Waals surface area contributed by atoms with Crippen LogP contribution >= 0.6 is 0 Å². The van der Waals surface area contributed by atoms with Gasteiger partial charge in [-0.25, -0.2) is 4.39 Å². The first kappa shape index (κ1) is 16.4. The number of Topliss-reactive ketones (excluding diaryl/α,β-unsaturated/α-hetero) is 1. The third kappa shape index (κ3) is 2.55. The van der Waals surface area contributed by atoms with E-state index < -0.39 is 5.41 Å². The van der Waals surface area contributed by atoms with Crippen LogP contribution in [0.2, 0.25) is 0 Å². The Morgan fingerprint density at radius 1 is 0.889 bits per heavy atom. The lowest BCUT2D eigenvalue weighted by atomic mass is 9.69. The van der Waals surface area contributed by atoms with Gasteiger partial charge >= 0.3 is 0 Å². The molecule has 3 aromatic carbocycles. The van der Waals surface area contributed by atoms with E-state index in [4.69, 9.17) is 0 Å². The van der Waals surface area contributed by atoms with Crippen molar-refractivity contribution in [1.82, 2.24) is 0 Å². The van der Waals surface area contributed by atoms with Crippen molar-refractivity contribution in [2.75, 3.05) is 0 Å². The molecule has 1 unspecified atom stereocenters. The standard InChI is InChI=1S/C25H21FO/c1-16-4-2-5-17(12-16)18-8-9-20-15-25(24(27)22(20)13-18)11-10-21-19(14-25)6-3-7-23(21)26/h2-9,12-13H,10-11,14-15H2,1H3. The number of rotatable bonds is 1. The SMILES string of the molecule is Cc1cccc(-c2ccc3c(c2)C(=O)C2(CCc4c(F)cccc4C2)C3)c1. The Bertz CT molecular complexity index is 1080. The number of benzene rings is 3. The summed E-state index contributed by atoms with van der Waals surface area (Å²) in [7, 11) is 0. The summed E-state index contributed by atoms with van der Waals surface area (Å²) in [5, 5.41) is 0. The van der Waals surface area contributed by atoms with Crippen molar-refractivity contribution in [3.63, 3.8) is 0 Å². The van der Waals surface area contributed by atoms with Gasteiger partial charge in [-0.3, -0.25) is 4.79 Å². The first-order chi connectivity index (χ1) is 13.1. The molecule has 1 spiro atoms. The third-order valence-electron chi connectivity index (χ3n) is 6.31. The maximum atomic E-state index is 14.1. The van der Waals surface area contributed by atoms with Crippen molar-refractivity contribution in [3.8, 4) is 11.1 Å². The molecule has 1 atom stereocenters. The van der Waals surface area contributed by atoms with Crippen molar-refractivity contribution < 1.29 is 9.18 Å². The quantitative estimate of drug-likeness (QED) is 0.545. The summed E-state index contributed by atoms with van der Waals surface area (Å²) >= 11 is 0. The van der Waals surface area contributed by atoms with E-state index >= 15 is 0 Å². The monoisotopic (exact) mass is 356 g/mol. The van der Waals surface area contributed by atoms with Crippen LogP contribution in [0.1, 0.15) is 39.0 Å². The maximum absolute atomic E-state index is 14.1. The molecule has 2 aliphatic rings. The lowest BCUT2D eigenvalue weighted by Crippen LogP contribution is -2.35. The van der Waals surface area contributed by atoms with Gasteiger partial charge in [0.15, 0.2) is 5.78 Å². The zero-order valence-electron chi connectivity index (χ0n) is 15.4. The summed E-state index contributed by atoms with van der Waals surface area (Å²) < 4.78 is 14.1. The van der Waals surface area contributed by atoms with Crippen molar-refractivity contribution in [2.24, 2.45) is 5.41 Å². The molecule has 0 saturated heterocycles. The van der Waals surface area contributed by atoms with Crippen LogP contribution < -0.4 is 0 Å². The lowest BCUT2D eigenvalue weighted by Gasteiger charge is -2.33. The highest BCUT2D eigenvalue weighted by Crippen LogP contribution is 2.47. The summed E-state index contributed by atoms with van der Waals surface area (Å²) in [5.41, 5.74) is 6.84. The summed E-state index contributed by atoms with van der Waals surface area (Å²) in [6.07, 6.45) is 2.79. The molecule has 2 aliphatic carbocycles. The second-order valence-corrected chi connectivity index (χ2v) is 8.08. The van der Waals surface area contributed by atoms with Gasteiger partial charge in [-0.2, -0.15) is 0 Å². The second-order valence-electron chi connectivity index (χ2n) is 8.08. The van der Waals surface area contributed by atoms with Crippen molar-refractivity contribution in [1.29, 1.82) is 0 Å². The minimum Gasteiger partial charge on any atom is -0.294 e. The molecule has 0 bridgehead atoms. The molecule has 2 heteroatoms. The molecular formula is C25H21FO. The van der Waals surface area contributed by atoms with E-state index in [1.807, 2.05) is 12.1 Å². The first-order valence-electron chi connectivity index (χ1n) is 9.57. The van der Waals surface area contributed by atoms with Gasteiger partial charge in [0.25, 0.3) is 0 Å². The smallest absolute Gasteiger partial charge is 0.169 e. The third-order valence-corrected chi connectivity index (χ3v) is 6.31. The van der Waals surface area contributed by atoms with Crippen LogP contribution in [-0.2, 0) is 19.3 Å². The van der Waals surface area contributed by atoms with Gasteiger partial charge in [-0.15, -0.1) is 0 Å². The molecule has 0 radical (unpaired) electrons. The van der Waals surface area contributed by atoms with Crippen molar-refractivity contribution in [3.05, 3.63) is 94.3 Å². The van der Waals surface area contributed by atoms with E-state index in [1.54, 1.807) is 6.07 Å². The van der Waals surface area contributed by atoms with E-state index in [0.29, 0.717) is 12.8 Å². The number of carbonyl (C=O) groups is 1. The minimum atomic E-state index is -0.394. The second kappa shape index (κ2) is 5.88. The number of hydrogen-bond donors (Lipinski definition) is 0. The predicted octanol–water partition coefficient (Wildman–Crippen LogP) is 5.72. The minimum absolute atomic E-state index is 0.132. The number of fused-ring (bicyclic) bond motifs is 2. The topological polar surface area (TPSA) is 17.1 Å². The van der Waals surface area contributed by atoms with Crippen LogP contribution in [0.4, 0.5) is 4.39 Å². The summed E-state index contributed by atoms with van der Waals surface area (Å²) in [6, 6.07) is 19.9. The summed E-state index contributed by atoms with van der Waals surface area (Å²) in [6.45, 7) is 2.08. The van der Waals surface area contributed by atoms with Crippen molar-refractivity contribution in [2.45, 2.75) is 32.6 Å². The van der Waals surface area contributed by atoms with Crippen LogP contribution in [0.25, 0.3) is 11.1 Å². The molecule has 0 amide bonds. The zero-order chi connectivity index (χ0) is 18.6. The van der Waals surface area contributed by atoms with E-state index in [2.05, 4.69) is 43.3 Å². The Morgan fingerprint density at radius 2 is 1.67 bits per heavy atom.